The lowest BCUT2D eigenvalue weighted by atomic mass is 10.2. The molecule has 4 rings (SSSR count). The first-order valence-corrected chi connectivity index (χ1v) is 10.2. The number of fused-ring (bicyclic) bond motifs is 1. The molecule has 0 saturated carbocycles. The van der Waals surface area contributed by atoms with Gasteiger partial charge in [0.05, 0.1) is 29.9 Å². The summed E-state index contributed by atoms with van der Waals surface area (Å²) in [5.41, 5.74) is 3.48. The number of para-hydroxylation sites is 2. The zero-order valence-electron chi connectivity index (χ0n) is 17.1. The monoisotopic (exact) mass is 406 g/mol. The van der Waals surface area contributed by atoms with Gasteiger partial charge in [-0.15, -0.1) is 0 Å². The normalized spacial score (nSPS) is 14.6. The van der Waals surface area contributed by atoms with Crippen molar-refractivity contribution in [1.82, 2.24) is 20.2 Å². The number of amides is 1. The van der Waals surface area contributed by atoms with Crippen LogP contribution in [-0.4, -0.2) is 60.2 Å². The van der Waals surface area contributed by atoms with Crippen LogP contribution in [0.25, 0.3) is 11.0 Å². The first-order valence-electron chi connectivity index (χ1n) is 10.2. The molecule has 1 aliphatic rings. The highest BCUT2D eigenvalue weighted by Crippen LogP contribution is 2.14. The molecule has 2 heterocycles. The topological polar surface area (TPSA) is 76.6 Å². The number of carbonyl (C=O) groups excluding carboxylic acids is 1. The predicted molar refractivity (Wildman–Crippen MR) is 115 cm³/mol. The van der Waals surface area contributed by atoms with E-state index >= 15 is 0 Å². The van der Waals surface area contributed by atoms with E-state index in [-0.39, 0.29) is 5.91 Å². The third-order valence-electron chi connectivity index (χ3n) is 5.12. The number of morpholine rings is 1. The number of hydrogen-bond donors (Lipinski definition) is 1. The summed E-state index contributed by atoms with van der Waals surface area (Å²) in [4.78, 5) is 23.9. The molecule has 1 aliphatic heterocycles. The van der Waals surface area contributed by atoms with E-state index in [1.165, 1.54) is 0 Å². The maximum Gasteiger partial charge on any atom is 0.272 e. The summed E-state index contributed by atoms with van der Waals surface area (Å²) < 4.78 is 11.2. The van der Waals surface area contributed by atoms with Gasteiger partial charge in [-0.25, -0.2) is 9.97 Å². The fraction of sp³-hybridized carbons (Fsp3) is 0.348. The molecular weight excluding hydrogens is 380 g/mol. The van der Waals surface area contributed by atoms with Gasteiger partial charge < -0.3 is 14.8 Å². The standard InChI is InChI=1S/C23H26N4O3/c1-17-22(26-21-5-3-2-4-20(21)25-17)23(28)24-16-18-6-8-19(9-7-18)30-15-12-27-10-13-29-14-11-27/h2-9H,10-16H2,1H3,(H,24,28). The summed E-state index contributed by atoms with van der Waals surface area (Å²) in [6.07, 6.45) is 0. The molecule has 1 aromatic heterocycles. The highest BCUT2D eigenvalue weighted by atomic mass is 16.5. The van der Waals surface area contributed by atoms with Crippen LogP contribution in [0.3, 0.4) is 0 Å². The van der Waals surface area contributed by atoms with Crippen LogP contribution < -0.4 is 10.1 Å². The number of ether oxygens (including phenoxy) is 2. The number of benzene rings is 2. The zero-order chi connectivity index (χ0) is 20.8. The summed E-state index contributed by atoms with van der Waals surface area (Å²) >= 11 is 0. The van der Waals surface area contributed by atoms with Crippen LogP contribution in [0.15, 0.2) is 48.5 Å². The van der Waals surface area contributed by atoms with Gasteiger partial charge in [-0.1, -0.05) is 24.3 Å². The van der Waals surface area contributed by atoms with Gasteiger partial charge in [-0.3, -0.25) is 9.69 Å². The van der Waals surface area contributed by atoms with Crippen molar-refractivity contribution >= 4 is 16.9 Å². The Morgan fingerprint density at radius 3 is 2.50 bits per heavy atom. The van der Waals surface area contributed by atoms with Crippen molar-refractivity contribution in [1.29, 1.82) is 0 Å². The minimum atomic E-state index is -0.225. The molecule has 7 heteroatoms. The molecular formula is C23H26N4O3. The Labute approximate surface area is 176 Å². The molecule has 0 atom stereocenters. The van der Waals surface area contributed by atoms with Gasteiger partial charge in [0.15, 0.2) is 0 Å². The van der Waals surface area contributed by atoms with E-state index in [1.54, 1.807) is 6.92 Å². The highest BCUT2D eigenvalue weighted by Gasteiger charge is 2.13. The maximum atomic E-state index is 12.6. The molecule has 30 heavy (non-hydrogen) atoms. The molecule has 1 fully saturated rings. The number of carbonyl (C=O) groups is 1. The van der Waals surface area contributed by atoms with Crippen LogP contribution in [0.4, 0.5) is 0 Å². The van der Waals surface area contributed by atoms with Gasteiger partial charge in [0, 0.05) is 26.2 Å². The molecule has 0 aliphatic carbocycles. The number of aromatic nitrogens is 2. The van der Waals surface area contributed by atoms with E-state index in [2.05, 4.69) is 20.2 Å². The van der Waals surface area contributed by atoms with Crippen molar-refractivity contribution in [2.24, 2.45) is 0 Å². The van der Waals surface area contributed by atoms with Crippen molar-refractivity contribution < 1.29 is 14.3 Å². The lowest BCUT2D eigenvalue weighted by Gasteiger charge is -2.26. The van der Waals surface area contributed by atoms with Crippen LogP contribution in [0.2, 0.25) is 0 Å². The highest BCUT2D eigenvalue weighted by molar-refractivity contribution is 5.95. The maximum absolute atomic E-state index is 12.6. The second kappa shape index (κ2) is 9.65. The van der Waals surface area contributed by atoms with E-state index in [0.717, 1.165) is 49.7 Å². The Morgan fingerprint density at radius 1 is 1.07 bits per heavy atom. The Kier molecular flexibility index (Phi) is 6.51. The van der Waals surface area contributed by atoms with Crippen LogP contribution in [-0.2, 0) is 11.3 Å². The lowest BCUT2D eigenvalue weighted by molar-refractivity contribution is 0.0322. The molecule has 1 N–H and O–H groups in total. The third kappa shape index (κ3) is 5.11. The molecule has 1 amide bonds. The summed E-state index contributed by atoms with van der Waals surface area (Å²) in [6.45, 7) is 7.28. The van der Waals surface area contributed by atoms with Crippen LogP contribution in [0.5, 0.6) is 5.75 Å². The Balaban J connectivity index is 1.28. The first-order chi connectivity index (χ1) is 14.7. The van der Waals surface area contributed by atoms with E-state index < -0.39 is 0 Å². The fourth-order valence-corrected chi connectivity index (χ4v) is 3.39. The van der Waals surface area contributed by atoms with Crippen molar-refractivity contribution in [3.05, 3.63) is 65.5 Å². The Bertz CT molecular complexity index is 1000. The second-order valence-electron chi connectivity index (χ2n) is 7.28. The van der Waals surface area contributed by atoms with Gasteiger partial charge in [-0.2, -0.15) is 0 Å². The summed E-state index contributed by atoms with van der Waals surface area (Å²) in [7, 11) is 0. The number of nitrogens with one attached hydrogen (secondary N) is 1. The zero-order valence-corrected chi connectivity index (χ0v) is 17.1. The summed E-state index contributed by atoms with van der Waals surface area (Å²) in [5, 5.41) is 2.93. The van der Waals surface area contributed by atoms with E-state index in [1.807, 2.05) is 48.5 Å². The van der Waals surface area contributed by atoms with Gasteiger partial charge in [0.25, 0.3) is 5.91 Å². The molecule has 0 unspecified atom stereocenters. The second-order valence-corrected chi connectivity index (χ2v) is 7.28. The van der Waals surface area contributed by atoms with Gasteiger partial charge >= 0.3 is 0 Å². The van der Waals surface area contributed by atoms with Crippen molar-refractivity contribution in [2.75, 3.05) is 39.5 Å². The molecule has 1 saturated heterocycles. The molecule has 0 bridgehead atoms. The van der Waals surface area contributed by atoms with E-state index in [0.29, 0.717) is 30.1 Å². The van der Waals surface area contributed by atoms with Gasteiger partial charge in [0.1, 0.15) is 18.1 Å². The average Bonchev–Trinajstić information content (AvgIpc) is 2.78. The summed E-state index contributed by atoms with van der Waals surface area (Å²) in [6, 6.07) is 15.3. The molecule has 2 aromatic carbocycles. The number of nitrogens with zero attached hydrogens (tertiary/aromatic N) is 3. The SMILES string of the molecule is Cc1nc2ccccc2nc1C(=O)NCc1ccc(OCCN2CCOCC2)cc1. The molecule has 156 valence electrons. The predicted octanol–water partition coefficient (Wildman–Crippen LogP) is 2.58. The first kappa shape index (κ1) is 20.3. The minimum absolute atomic E-state index is 0.225. The van der Waals surface area contributed by atoms with Crippen LogP contribution in [0, 0.1) is 6.92 Å². The third-order valence-corrected chi connectivity index (χ3v) is 5.12. The average molecular weight is 406 g/mol. The largest absolute Gasteiger partial charge is 0.492 e. The molecule has 7 nitrogen and oxygen atoms in total. The number of hydrogen-bond acceptors (Lipinski definition) is 6. The Morgan fingerprint density at radius 2 is 1.77 bits per heavy atom. The number of aryl methyl sites for hydroxylation is 1. The summed E-state index contributed by atoms with van der Waals surface area (Å²) in [5.74, 6) is 0.603. The Hall–Kier alpha value is -3.03. The van der Waals surface area contributed by atoms with Crippen molar-refractivity contribution in [2.45, 2.75) is 13.5 Å². The van der Waals surface area contributed by atoms with Gasteiger partial charge in [0.2, 0.25) is 0 Å². The van der Waals surface area contributed by atoms with Crippen molar-refractivity contribution in [3.63, 3.8) is 0 Å². The fourth-order valence-electron chi connectivity index (χ4n) is 3.39. The van der Waals surface area contributed by atoms with Crippen molar-refractivity contribution in [3.8, 4) is 5.75 Å². The van der Waals surface area contributed by atoms with E-state index in [4.69, 9.17) is 9.47 Å². The smallest absolute Gasteiger partial charge is 0.272 e. The quantitative estimate of drug-likeness (QED) is 0.650. The molecule has 0 spiro atoms. The van der Waals surface area contributed by atoms with Crippen LogP contribution in [0.1, 0.15) is 21.7 Å². The minimum Gasteiger partial charge on any atom is -0.492 e. The number of rotatable bonds is 7. The van der Waals surface area contributed by atoms with Crippen LogP contribution >= 0.6 is 0 Å². The van der Waals surface area contributed by atoms with E-state index in [9.17, 15) is 4.79 Å². The molecule has 0 radical (unpaired) electrons. The molecule has 3 aromatic rings. The van der Waals surface area contributed by atoms with Gasteiger partial charge in [-0.05, 0) is 36.8 Å². The lowest BCUT2D eigenvalue weighted by Crippen LogP contribution is -2.38.